The van der Waals surface area contributed by atoms with Crippen LogP contribution in [-0.4, -0.2) is 57.4 Å². The SMILES string of the molecule is Cc1ccc([N+](=O)[O-])cc1NC(=O)COC(=O)c1cccnc1SC1CC(=O)N(C)C1=O. The molecule has 1 N–H and O–H groups in total. The fourth-order valence-electron chi connectivity index (χ4n) is 2.84. The summed E-state index contributed by atoms with van der Waals surface area (Å²) in [6.07, 6.45) is 1.43. The van der Waals surface area contributed by atoms with Crippen molar-refractivity contribution in [3.8, 4) is 0 Å². The van der Waals surface area contributed by atoms with Gasteiger partial charge in [-0.2, -0.15) is 0 Å². The minimum absolute atomic E-state index is 0.00394. The Hall–Kier alpha value is -3.80. The van der Waals surface area contributed by atoms with E-state index in [1.807, 2.05) is 0 Å². The zero-order chi connectivity index (χ0) is 23.4. The largest absolute Gasteiger partial charge is 0.452 e. The fourth-order valence-corrected chi connectivity index (χ4v) is 4.00. The lowest BCUT2D eigenvalue weighted by molar-refractivity contribution is -0.384. The van der Waals surface area contributed by atoms with Crippen LogP contribution in [0.4, 0.5) is 11.4 Å². The predicted octanol–water partition coefficient (Wildman–Crippen LogP) is 1.94. The van der Waals surface area contributed by atoms with Crippen LogP contribution < -0.4 is 5.32 Å². The first-order chi connectivity index (χ1) is 15.2. The molecule has 0 saturated carbocycles. The van der Waals surface area contributed by atoms with Gasteiger partial charge in [-0.15, -0.1) is 0 Å². The molecule has 1 fully saturated rings. The summed E-state index contributed by atoms with van der Waals surface area (Å²) in [5.74, 6) is -2.22. The highest BCUT2D eigenvalue weighted by Gasteiger charge is 2.37. The molecule has 0 radical (unpaired) electrons. The number of likely N-dealkylation sites (tertiary alicyclic amines) is 1. The number of anilines is 1. The Balaban J connectivity index is 1.64. The van der Waals surface area contributed by atoms with Crippen molar-refractivity contribution in [1.82, 2.24) is 9.88 Å². The van der Waals surface area contributed by atoms with E-state index in [1.165, 1.54) is 43.6 Å². The number of nitro groups is 1. The quantitative estimate of drug-likeness (QED) is 0.284. The number of amides is 3. The molecule has 12 heteroatoms. The van der Waals surface area contributed by atoms with Crippen molar-refractivity contribution >= 4 is 46.8 Å². The normalized spacial score (nSPS) is 15.6. The first kappa shape index (κ1) is 22.9. The summed E-state index contributed by atoms with van der Waals surface area (Å²) in [6, 6.07) is 6.95. The second-order valence-corrected chi connectivity index (χ2v) is 8.03. The van der Waals surface area contributed by atoms with E-state index in [4.69, 9.17) is 4.74 Å². The van der Waals surface area contributed by atoms with Crippen molar-refractivity contribution in [1.29, 1.82) is 0 Å². The maximum absolute atomic E-state index is 12.5. The standard InChI is InChI=1S/C20H18N4O7S/c1-11-5-6-12(24(29)30)8-14(11)22-16(25)10-31-20(28)13-4-3-7-21-18(13)32-15-9-17(26)23(2)19(15)27/h3-8,15H,9-10H2,1-2H3,(H,22,25). The number of rotatable bonds is 7. The van der Waals surface area contributed by atoms with Gasteiger partial charge < -0.3 is 10.1 Å². The van der Waals surface area contributed by atoms with Crippen molar-refractivity contribution in [2.45, 2.75) is 23.6 Å². The maximum Gasteiger partial charge on any atom is 0.341 e. The van der Waals surface area contributed by atoms with Crippen LogP contribution in [0.5, 0.6) is 0 Å². The Morgan fingerprint density at radius 2 is 2.09 bits per heavy atom. The average molecular weight is 458 g/mol. The maximum atomic E-state index is 12.5. The second-order valence-electron chi connectivity index (χ2n) is 6.84. The van der Waals surface area contributed by atoms with E-state index in [0.29, 0.717) is 5.56 Å². The Kier molecular flexibility index (Phi) is 6.83. The van der Waals surface area contributed by atoms with Gasteiger partial charge in [-0.05, 0) is 24.6 Å². The van der Waals surface area contributed by atoms with Crippen molar-refractivity contribution < 1.29 is 28.8 Å². The van der Waals surface area contributed by atoms with Gasteiger partial charge in [0.2, 0.25) is 11.8 Å². The Morgan fingerprint density at radius 1 is 1.34 bits per heavy atom. The van der Waals surface area contributed by atoms with Gasteiger partial charge in [0.25, 0.3) is 11.6 Å². The van der Waals surface area contributed by atoms with E-state index in [0.717, 1.165) is 16.7 Å². The number of nitrogens with zero attached hydrogens (tertiary/aromatic N) is 3. The number of benzene rings is 1. The molecule has 1 aliphatic rings. The van der Waals surface area contributed by atoms with E-state index in [2.05, 4.69) is 10.3 Å². The lowest BCUT2D eigenvalue weighted by Crippen LogP contribution is -2.26. The fraction of sp³-hybridized carbons (Fsp3) is 0.250. The van der Waals surface area contributed by atoms with Crippen LogP contribution in [0.2, 0.25) is 0 Å². The summed E-state index contributed by atoms with van der Waals surface area (Å²) in [5.41, 5.74) is 0.686. The lowest BCUT2D eigenvalue weighted by atomic mass is 10.2. The zero-order valence-electron chi connectivity index (χ0n) is 17.1. The number of nitrogens with one attached hydrogen (secondary N) is 1. The lowest BCUT2D eigenvalue weighted by Gasteiger charge is -2.12. The summed E-state index contributed by atoms with van der Waals surface area (Å²) in [4.78, 5) is 64.0. The molecule has 1 saturated heterocycles. The Morgan fingerprint density at radius 3 is 2.75 bits per heavy atom. The number of pyridine rings is 1. The van der Waals surface area contributed by atoms with Gasteiger partial charge in [0.05, 0.1) is 21.4 Å². The highest BCUT2D eigenvalue weighted by molar-refractivity contribution is 8.00. The van der Waals surface area contributed by atoms with Gasteiger partial charge >= 0.3 is 5.97 Å². The van der Waals surface area contributed by atoms with Gasteiger partial charge in [-0.1, -0.05) is 17.8 Å². The summed E-state index contributed by atoms with van der Waals surface area (Å²) >= 11 is 0.977. The van der Waals surface area contributed by atoms with Gasteiger partial charge in [-0.25, -0.2) is 9.78 Å². The predicted molar refractivity (Wildman–Crippen MR) is 113 cm³/mol. The summed E-state index contributed by atoms with van der Waals surface area (Å²) < 4.78 is 5.05. The van der Waals surface area contributed by atoms with E-state index < -0.39 is 28.7 Å². The Labute approximate surface area is 186 Å². The first-order valence-electron chi connectivity index (χ1n) is 9.31. The third-order valence-corrected chi connectivity index (χ3v) is 5.83. The van der Waals surface area contributed by atoms with E-state index >= 15 is 0 Å². The smallest absolute Gasteiger partial charge is 0.341 e. The second kappa shape index (κ2) is 9.56. The van der Waals surface area contributed by atoms with Gasteiger partial charge in [-0.3, -0.25) is 29.4 Å². The van der Waals surface area contributed by atoms with Crippen molar-refractivity contribution in [3.05, 3.63) is 57.8 Å². The molecule has 1 aromatic heterocycles. The molecule has 11 nitrogen and oxygen atoms in total. The topological polar surface area (TPSA) is 149 Å². The Bertz CT molecular complexity index is 1120. The molecule has 1 aliphatic heterocycles. The van der Waals surface area contributed by atoms with E-state index in [1.54, 1.807) is 6.92 Å². The summed E-state index contributed by atoms with van der Waals surface area (Å²) in [5, 5.41) is 12.9. The number of carbonyl (C=O) groups is 4. The van der Waals surface area contributed by atoms with Gasteiger partial charge in [0, 0.05) is 31.8 Å². The number of aryl methyl sites for hydroxylation is 1. The van der Waals surface area contributed by atoms with Crippen LogP contribution in [0.15, 0.2) is 41.6 Å². The molecular formula is C20H18N4O7S. The minimum Gasteiger partial charge on any atom is -0.452 e. The van der Waals surface area contributed by atoms with Gasteiger partial charge in [0.15, 0.2) is 6.61 Å². The van der Waals surface area contributed by atoms with E-state index in [-0.39, 0.29) is 40.2 Å². The number of thioether (sulfide) groups is 1. The third-order valence-electron chi connectivity index (χ3n) is 4.63. The number of non-ortho nitro benzene ring substituents is 1. The van der Waals surface area contributed by atoms with E-state index in [9.17, 15) is 29.3 Å². The highest BCUT2D eigenvalue weighted by Crippen LogP contribution is 2.31. The number of carbonyl (C=O) groups excluding carboxylic acids is 4. The number of esters is 1. The number of nitro benzene ring substituents is 1. The van der Waals surface area contributed by atoms with Crippen molar-refractivity contribution in [2.24, 2.45) is 0 Å². The molecule has 0 aliphatic carbocycles. The van der Waals surface area contributed by atoms with Crippen LogP contribution in [0, 0.1) is 17.0 Å². The number of hydrogen-bond acceptors (Lipinski definition) is 9. The first-order valence-corrected chi connectivity index (χ1v) is 10.2. The minimum atomic E-state index is -0.836. The number of hydrogen-bond donors (Lipinski definition) is 1. The summed E-state index contributed by atoms with van der Waals surface area (Å²) in [6.45, 7) is 1.03. The van der Waals surface area contributed by atoms with Crippen LogP contribution >= 0.6 is 11.8 Å². The molecule has 166 valence electrons. The molecule has 3 rings (SSSR count). The summed E-state index contributed by atoms with van der Waals surface area (Å²) in [7, 11) is 1.39. The van der Waals surface area contributed by atoms with Crippen molar-refractivity contribution in [3.63, 3.8) is 0 Å². The highest BCUT2D eigenvalue weighted by atomic mass is 32.2. The van der Waals surface area contributed by atoms with Gasteiger partial charge in [0.1, 0.15) is 5.03 Å². The third kappa shape index (κ3) is 5.09. The van der Waals surface area contributed by atoms with Crippen molar-refractivity contribution in [2.75, 3.05) is 19.0 Å². The van der Waals surface area contributed by atoms with Crippen LogP contribution in [0.25, 0.3) is 0 Å². The number of imide groups is 1. The molecule has 32 heavy (non-hydrogen) atoms. The molecule has 0 spiro atoms. The zero-order valence-corrected chi connectivity index (χ0v) is 17.9. The molecule has 1 unspecified atom stereocenters. The number of aromatic nitrogens is 1. The molecular weight excluding hydrogens is 440 g/mol. The molecule has 2 aromatic rings. The molecule has 3 amide bonds. The van der Waals surface area contributed by atoms with Crippen LogP contribution in [0.1, 0.15) is 22.3 Å². The number of ether oxygens (including phenoxy) is 1. The van der Waals surface area contributed by atoms with Crippen LogP contribution in [-0.2, 0) is 19.1 Å². The molecule has 0 bridgehead atoms. The molecule has 2 heterocycles. The van der Waals surface area contributed by atoms with Crippen LogP contribution in [0.3, 0.4) is 0 Å². The molecule has 1 aromatic carbocycles. The monoisotopic (exact) mass is 458 g/mol. The average Bonchev–Trinajstić information content (AvgIpc) is 3.00. The molecule has 1 atom stereocenters.